The van der Waals surface area contributed by atoms with Gasteiger partial charge in [-0.1, -0.05) is 27.7 Å². The van der Waals surface area contributed by atoms with Gasteiger partial charge >= 0.3 is 0 Å². The van der Waals surface area contributed by atoms with Gasteiger partial charge in [0.25, 0.3) is 0 Å². The number of hydrogen-bond acceptors (Lipinski definition) is 3. The molecule has 1 rings (SSSR count). The summed E-state index contributed by atoms with van der Waals surface area (Å²) in [4.78, 5) is 5.45. The Balaban J connectivity index is 2.87. The average molecular weight is 311 g/mol. The van der Waals surface area contributed by atoms with Crippen LogP contribution in [-0.2, 0) is 0 Å². The van der Waals surface area contributed by atoms with Crippen molar-refractivity contribution in [3.8, 4) is 0 Å². The van der Waals surface area contributed by atoms with E-state index in [-0.39, 0.29) is 0 Å². The van der Waals surface area contributed by atoms with Crippen LogP contribution in [0.3, 0.4) is 0 Å². The molecule has 0 saturated carbocycles. The van der Waals surface area contributed by atoms with Crippen molar-refractivity contribution in [2.24, 2.45) is 17.6 Å². The van der Waals surface area contributed by atoms with E-state index < -0.39 is 0 Å². The minimum atomic E-state index is 0.382. The molecule has 2 N–H and O–H groups in total. The minimum Gasteiger partial charge on any atom is -0.329 e. The third kappa shape index (κ3) is 6.09. The Hall–Kier alpha value is -0.380. The third-order valence-electron chi connectivity index (χ3n) is 4.09. The first kappa shape index (κ1) is 18.7. The van der Waals surface area contributed by atoms with Gasteiger partial charge in [0.1, 0.15) is 0 Å². The molecule has 0 fully saturated rings. The molecule has 1 aromatic rings. The van der Waals surface area contributed by atoms with Crippen molar-refractivity contribution in [3.63, 3.8) is 0 Å². The van der Waals surface area contributed by atoms with Crippen LogP contribution in [0.4, 0.5) is 0 Å². The Morgan fingerprint density at radius 2 is 1.57 bits per heavy atom. The van der Waals surface area contributed by atoms with E-state index in [0.717, 1.165) is 24.9 Å². The van der Waals surface area contributed by atoms with Crippen LogP contribution < -0.4 is 5.73 Å². The zero-order valence-electron chi connectivity index (χ0n) is 14.8. The van der Waals surface area contributed by atoms with Crippen molar-refractivity contribution < 1.29 is 0 Å². The van der Waals surface area contributed by atoms with Crippen LogP contribution >= 0.6 is 11.3 Å². The van der Waals surface area contributed by atoms with Crippen LogP contribution in [0.25, 0.3) is 0 Å². The number of rotatable bonds is 9. The highest BCUT2D eigenvalue weighted by molar-refractivity contribution is 7.12. The van der Waals surface area contributed by atoms with Gasteiger partial charge in [-0.05, 0) is 63.2 Å². The highest BCUT2D eigenvalue weighted by Crippen LogP contribution is 2.30. The minimum absolute atomic E-state index is 0.382. The molecule has 0 bridgehead atoms. The van der Waals surface area contributed by atoms with E-state index in [9.17, 15) is 0 Å². The van der Waals surface area contributed by atoms with Gasteiger partial charge in [-0.3, -0.25) is 4.90 Å². The molecule has 0 radical (unpaired) electrons. The molecule has 122 valence electrons. The van der Waals surface area contributed by atoms with E-state index in [0.29, 0.717) is 12.6 Å². The number of nitrogens with zero attached hydrogens (tertiary/aromatic N) is 1. The fraction of sp³-hybridized carbons (Fsp3) is 0.778. The molecule has 0 aliphatic heterocycles. The topological polar surface area (TPSA) is 29.3 Å². The maximum Gasteiger partial charge on any atom is 0.0481 e. The molecule has 1 aromatic heterocycles. The van der Waals surface area contributed by atoms with Crippen molar-refractivity contribution in [3.05, 3.63) is 21.4 Å². The Morgan fingerprint density at radius 3 is 1.90 bits per heavy atom. The molecular weight excluding hydrogens is 276 g/mol. The molecule has 2 nitrogen and oxygen atoms in total. The molecule has 0 spiro atoms. The molecule has 21 heavy (non-hydrogen) atoms. The Labute approximate surface area is 135 Å². The Bertz CT molecular complexity index is 397. The summed E-state index contributed by atoms with van der Waals surface area (Å²) in [5.74, 6) is 1.49. The quantitative estimate of drug-likeness (QED) is 0.712. The lowest BCUT2D eigenvalue weighted by molar-refractivity contribution is 0.181. The summed E-state index contributed by atoms with van der Waals surface area (Å²) in [6.07, 6.45) is 2.49. The molecule has 0 aliphatic carbocycles. The van der Waals surface area contributed by atoms with Crippen LogP contribution in [0.15, 0.2) is 6.07 Å². The Morgan fingerprint density at radius 1 is 1.05 bits per heavy atom. The number of hydrogen-bond donors (Lipinski definition) is 1. The van der Waals surface area contributed by atoms with Gasteiger partial charge in [0.05, 0.1) is 0 Å². The van der Waals surface area contributed by atoms with E-state index in [4.69, 9.17) is 5.73 Å². The second-order valence-corrected chi connectivity index (χ2v) is 8.48. The van der Waals surface area contributed by atoms with Crippen molar-refractivity contribution in [1.82, 2.24) is 4.90 Å². The first-order valence-corrected chi connectivity index (χ1v) is 9.17. The van der Waals surface area contributed by atoms with Gasteiger partial charge in [0, 0.05) is 22.3 Å². The lowest BCUT2D eigenvalue weighted by Crippen LogP contribution is -2.36. The molecule has 0 amide bonds. The van der Waals surface area contributed by atoms with Gasteiger partial charge in [-0.15, -0.1) is 11.3 Å². The second-order valence-electron chi connectivity index (χ2n) is 7.02. The van der Waals surface area contributed by atoms with Gasteiger partial charge in [0.15, 0.2) is 0 Å². The third-order valence-corrected chi connectivity index (χ3v) is 5.07. The van der Waals surface area contributed by atoms with E-state index in [1.807, 2.05) is 11.3 Å². The lowest BCUT2D eigenvalue weighted by atomic mass is 10.0. The summed E-state index contributed by atoms with van der Waals surface area (Å²) >= 11 is 1.90. The molecule has 0 aromatic carbocycles. The fourth-order valence-electron chi connectivity index (χ4n) is 2.73. The second kappa shape index (κ2) is 8.92. The van der Waals surface area contributed by atoms with Crippen LogP contribution in [0.2, 0.25) is 0 Å². The smallest absolute Gasteiger partial charge is 0.0481 e. The Kier molecular flexibility index (Phi) is 7.93. The first-order valence-electron chi connectivity index (χ1n) is 8.36. The normalized spacial score (nSPS) is 13.6. The fourth-order valence-corrected chi connectivity index (χ4v) is 3.71. The van der Waals surface area contributed by atoms with Crippen LogP contribution in [0.1, 0.15) is 61.9 Å². The van der Waals surface area contributed by atoms with E-state index in [1.165, 1.54) is 28.2 Å². The van der Waals surface area contributed by atoms with E-state index >= 15 is 0 Å². The van der Waals surface area contributed by atoms with Gasteiger partial charge in [-0.2, -0.15) is 0 Å². The highest BCUT2D eigenvalue weighted by atomic mass is 32.1. The number of nitrogens with two attached hydrogens (primary N) is 1. The average Bonchev–Trinajstić information content (AvgIpc) is 2.71. The van der Waals surface area contributed by atoms with Crippen LogP contribution in [0, 0.1) is 25.7 Å². The first-order chi connectivity index (χ1) is 9.85. The molecule has 0 aliphatic rings. The zero-order chi connectivity index (χ0) is 16.0. The highest BCUT2D eigenvalue weighted by Gasteiger charge is 2.22. The van der Waals surface area contributed by atoms with E-state index in [2.05, 4.69) is 52.5 Å². The maximum absolute atomic E-state index is 6.16. The predicted octanol–water partition coefficient (Wildman–Crippen LogP) is 4.76. The summed E-state index contributed by atoms with van der Waals surface area (Å²) < 4.78 is 0. The van der Waals surface area contributed by atoms with Crippen molar-refractivity contribution in [1.29, 1.82) is 0 Å². The molecule has 1 heterocycles. The molecule has 0 saturated heterocycles. The monoisotopic (exact) mass is 310 g/mol. The summed E-state index contributed by atoms with van der Waals surface area (Å²) in [6, 6.07) is 2.72. The molecule has 1 atom stereocenters. The van der Waals surface area contributed by atoms with Gasteiger partial charge in [-0.25, -0.2) is 0 Å². The SMILES string of the molecule is Cc1cc(C(CN)N(CCC(C)C)CCC(C)C)c(C)s1. The summed E-state index contributed by atoms with van der Waals surface area (Å²) in [5, 5.41) is 0. The standard InChI is InChI=1S/C18H34N2S/c1-13(2)7-9-20(10-8-14(3)4)18(12-19)17-11-15(5)21-16(17)6/h11,13-14,18H,7-10,12,19H2,1-6H3. The molecule has 1 unspecified atom stereocenters. The van der Waals surface area contributed by atoms with Crippen molar-refractivity contribution >= 4 is 11.3 Å². The zero-order valence-corrected chi connectivity index (χ0v) is 15.6. The number of aryl methyl sites for hydroxylation is 2. The molecule has 3 heteroatoms. The predicted molar refractivity (Wildman–Crippen MR) is 96.1 cm³/mol. The van der Waals surface area contributed by atoms with Gasteiger partial charge < -0.3 is 5.73 Å². The summed E-state index contributed by atoms with van der Waals surface area (Å²) in [7, 11) is 0. The van der Waals surface area contributed by atoms with Crippen LogP contribution in [0.5, 0.6) is 0 Å². The maximum atomic E-state index is 6.16. The summed E-state index contributed by atoms with van der Waals surface area (Å²) in [5.41, 5.74) is 7.61. The number of thiophene rings is 1. The van der Waals surface area contributed by atoms with Crippen molar-refractivity contribution in [2.45, 2.75) is 60.4 Å². The van der Waals surface area contributed by atoms with Crippen LogP contribution in [-0.4, -0.2) is 24.5 Å². The van der Waals surface area contributed by atoms with E-state index in [1.54, 1.807) is 0 Å². The van der Waals surface area contributed by atoms with Crippen molar-refractivity contribution in [2.75, 3.05) is 19.6 Å². The lowest BCUT2D eigenvalue weighted by Gasteiger charge is -2.32. The molecular formula is C18H34N2S. The largest absolute Gasteiger partial charge is 0.329 e. The summed E-state index contributed by atoms with van der Waals surface area (Å²) in [6.45, 7) is 16.7. The van der Waals surface area contributed by atoms with Gasteiger partial charge in [0.2, 0.25) is 0 Å².